The fourth-order valence-electron chi connectivity index (χ4n) is 4.09. The molecule has 0 N–H and O–H groups in total. The van der Waals surface area contributed by atoms with Gasteiger partial charge in [0, 0.05) is 11.4 Å². The number of benzene rings is 1. The van der Waals surface area contributed by atoms with E-state index in [0.717, 1.165) is 41.2 Å². The van der Waals surface area contributed by atoms with E-state index in [4.69, 9.17) is 9.72 Å². The smallest absolute Gasteiger partial charge is 0.329 e. The molecule has 0 unspecified atom stereocenters. The second-order valence-electron chi connectivity index (χ2n) is 6.93. The predicted octanol–water partition coefficient (Wildman–Crippen LogP) is 3.81. The molecule has 2 saturated heterocycles. The van der Waals surface area contributed by atoms with Gasteiger partial charge in [0.25, 0.3) is 0 Å². The summed E-state index contributed by atoms with van der Waals surface area (Å²) in [4.78, 5) is 26.1. The molecule has 2 aliphatic rings. The van der Waals surface area contributed by atoms with Gasteiger partial charge in [-0.05, 0) is 37.3 Å². The maximum Gasteiger partial charge on any atom is 0.329 e. The van der Waals surface area contributed by atoms with Gasteiger partial charge in [-0.1, -0.05) is 30.3 Å². The Bertz CT molecular complexity index is 985. The zero-order chi connectivity index (χ0) is 17.7. The molecule has 5 rings (SSSR count). The molecule has 26 heavy (non-hydrogen) atoms. The number of carbonyl (C=O) groups is 1. The summed E-state index contributed by atoms with van der Waals surface area (Å²) in [6.07, 6.45) is 1.96. The van der Waals surface area contributed by atoms with Crippen molar-refractivity contribution in [1.82, 2.24) is 9.97 Å². The van der Waals surface area contributed by atoms with E-state index in [1.807, 2.05) is 25.1 Å². The number of hydrogen-bond acceptors (Lipinski definition) is 6. The van der Waals surface area contributed by atoms with Crippen LogP contribution in [0.15, 0.2) is 36.4 Å². The molecule has 2 fully saturated rings. The highest BCUT2D eigenvalue weighted by atomic mass is 32.1. The molecule has 2 aliphatic heterocycles. The maximum absolute atomic E-state index is 12.4. The van der Waals surface area contributed by atoms with Gasteiger partial charge in [0.15, 0.2) is 0 Å². The minimum atomic E-state index is -0.207. The van der Waals surface area contributed by atoms with E-state index in [1.54, 1.807) is 11.3 Å². The summed E-state index contributed by atoms with van der Waals surface area (Å²) in [6.45, 7) is 3.30. The van der Waals surface area contributed by atoms with Crippen LogP contribution in [0.5, 0.6) is 0 Å². The molecule has 2 aromatic heterocycles. The molecule has 1 aromatic carbocycles. The second-order valence-corrected chi connectivity index (χ2v) is 7.96. The highest BCUT2D eigenvalue weighted by Gasteiger charge is 2.44. The van der Waals surface area contributed by atoms with Crippen LogP contribution in [0.25, 0.3) is 20.7 Å². The number of nitrogens with zero attached hydrogens (tertiary/aromatic N) is 3. The van der Waals surface area contributed by atoms with E-state index in [0.29, 0.717) is 12.5 Å². The molecule has 0 amide bonds. The number of anilines is 1. The van der Waals surface area contributed by atoms with Crippen molar-refractivity contribution in [3.05, 3.63) is 42.2 Å². The van der Waals surface area contributed by atoms with E-state index >= 15 is 0 Å². The van der Waals surface area contributed by atoms with E-state index in [-0.39, 0.29) is 12.0 Å². The van der Waals surface area contributed by atoms with Gasteiger partial charge >= 0.3 is 5.97 Å². The highest BCUT2D eigenvalue weighted by Crippen LogP contribution is 2.41. The average Bonchev–Trinajstić information content (AvgIpc) is 3.27. The lowest BCUT2D eigenvalue weighted by molar-refractivity contribution is -0.150. The number of aryl methyl sites for hydroxylation is 1. The van der Waals surface area contributed by atoms with Crippen molar-refractivity contribution < 1.29 is 9.53 Å². The SMILES string of the molecule is Cc1nc(N2CC[C@H]3CCOC(=O)[C@H]32)c2cc(-c3ccccc3)sc2n1. The molecule has 0 aliphatic carbocycles. The van der Waals surface area contributed by atoms with Gasteiger partial charge in [0.1, 0.15) is 22.5 Å². The third kappa shape index (κ3) is 2.48. The number of thiophene rings is 1. The van der Waals surface area contributed by atoms with Crippen LogP contribution in [0.2, 0.25) is 0 Å². The molecule has 4 heterocycles. The van der Waals surface area contributed by atoms with Gasteiger partial charge in [-0.25, -0.2) is 14.8 Å². The van der Waals surface area contributed by atoms with Crippen molar-refractivity contribution in [3.63, 3.8) is 0 Å². The monoisotopic (exact) mass is 365 g/mol. The minimum Gasteiger partial charge on any atom is -0.464 e. The Balaban J connectivity index is 1.63. The maximum atomic E-state index is 12.4. The average molecular weight is 365 g/mol. The van der Waals surface area contributed by atoms with Crippen molar-refractivity contribution in [2.24, 2.45) is 5.92 Å². The largest absolute Gasteiger partial charge is 0.464 e. The summed E-state index contributed by atoms with van der Waals surface area (Å²) in [5.41, 5.74) is 1.18. The molecule has 6 heteroatoms. The van der Waals surface area contributed by atoms with Crippen LogP contribution in [0, 0.1) is 12.8 Å². The fourth-order valence-corrected chi connectivity index (χ4v) is 5.16. The van der Waals surface area contributed by atoms with Crippen molar-refractivity contribution in [3.8, 4) is 10.4 Å². The molecule has 0 spiro atoms. The highest BCUT2D eigenvalue weighted by molar-refractivity contribution is 7.21. The van der Waals surface area contributed by atoms with E-state index in [1.165, 1.54) is 10.4 Å². The Labute approximate surface area is 155 Å². The molecular formula is C20H19N3O2S. The quantitative estimate of drug-likeness (QED) is 0.647. The Morgan fingerprint density at radius 1 is 1.19 bits per heavy atom. The number of hydrogen-bond donors (Lipinski definition) is 0. The number of aromatic nitrogens is 2. The zero-order valence-corrected chi connectivity index (χ0v) is 15.3. The summed E-state index contributed by atoms with van der Waals surface area (Å²) in [7, 11) is 0. The number of ether oxygens (including phenoxy) is 1. The summed E-state index contributed by atoms with van der Waals surface area (Å²) in [5, 5.41) is 1.03. The number of cyclic esters (lactones) is 1. The van der Waals surface area contributed by atoms with Crippen LogP contribution in [-0.4, -0.2) is 35.1 Å². The van der Waals surface area contributed by atoms with Gasteiger partial charge < -0.3 is 9.64 Å². The van der Waals surface area contributed by atoms with E-state index < -0.39 is 0 Å². The van der Waals surface area contributed by atoms with E-state index in [2.05, 4.69) is 28.1 Å². The van der Waals surface area contributed by atoms with Crippen LogP contribution >= 0.6 is 11.3 Å². The van der Waals surface area contributed by atoms with Crippen LogP contribution in [0.3, 0.4) is 0 Å². The Morgan fingerprint density at radius 3 is 2.88 bits per heavy atom. The number of esters is 1. The lowest BCUT2D eigenvalue weighted by atomic mass is 9.95. The minimum absolute atomic E-state index is 0.110. The number of fused-ring (bicyclic) bond motifs is 2. The van der Waals surface area contributed by atoms with Crippen molar-refractivity contribution in [2.45, 2.75) is 25.8 Å². The van der Waals surface area contributed by atoms with Crippen molar-refractivity contribution >= 4 is 33.3 Å². The number of rotatable bonds is 2. The molecule has 132 valence electrons. The van der Waals surface area contributed by atoms with Crippen LogP contribution < -0.4 is 4.90 Å². The normalized spacial score (nSPS) is 22.5. The third-order valence-electron chi connectivity index (χ3n) is 5.31. The van der Waals surface area contributed by atoms with Gasteiger partial charge in [0.2, 0.25) is 0 Å². The summed E-state index contributed by atoms with van der Waals surface area (Å²) in [6, 6.07) is 12.3. The zero-order valence-electron chi connectivity index (χ0n) is 14.5. The second kappa shape index (κ2) is 6.06. The summed E-state index contributed by atoms with van der Waals surface area (Å²) >= 11 is 1.67. The Kier molecular flexibility index (Phi) is 3.67. The Hall–Kier alpha value is -2.47. The molecule has 0 radical (unpaired) electrons. The van der Waals surface area contributed by atoms with Crippen LogP contribution in [-0.2, 0) is 9.53 Å². The summed E-state index contributed by atoms with van der Waals surface area (Å²) in [5.74, 6) is 1.87. The first kappa shape index (κ1) is 15.8. The third-order valence-corrected chi connectivity index (χ3v) is 6.39. The standard InChI is InChI=1S/C20H19N3O2S/c1-12-21-18(23-9-7-14-8-10-25-20(24)17(14)23)15-11-16(26-19(15)22-12)13-5-3-2-4-6-13/h2-6,11,14,17H,7-10H2,1H3/t14-,17-/m0/s1. The topological polar surface area (TPSA) is 55.3 Å². The van der Waals surface area contributed by atoms with Crippen molar-refractivity contribution in [2.75, 3.05) is 18.1 Å². The van der Waals surface area contributed by atoms with Gasteiger partial charge in [0.05, 0.1) is 12.0 Å². The molecule has 2 atom stereocenters. The van der Waals surface area contributed by atoms with E-state index in [9.17, 15) is 4.79 Å². The lowest BCUT2D eigenvalue weighted by Gasteiger charge is -2.30. The number of carbonyl (C=O) groups excluding carboxylic acids is 1. The Morgan fingerprint density at radius 2 is 2.04 bits per heavy atom. The molecule has 0 bridgehead atoms. The van der Waals surface area contributed by atoms with Crippen LogP contribution in [0.4, 0.5) is 5.82 Å². The van der Waals surface area contributed by atoms with Crippen LogP contribution in [0.1, 0.15) is 18.7 Å². The summed E-state index contributed by atoms with van der Waals surface area (Å²) < 4.78 is 5.34. The molecule has 0 saturated carbocycles. The first-order valence-electron chi connectivity index (χ1n) is 8.97. The van der Waals surface area contributed by atoms with Gasteiger partial charge in [-0.15, -0.1) is 11.3 Å². The van der Waals surface area contributed by atoms with Gasteiger partial charge in [-0.3, -0.25) is 0 Å². The predicted molar refractivity (Wildman–Crippen MR) is 102 cm³/mol. The fraction of sp³-hybridized carbons (Fsp3) is 0.350. The molecule has 3 aromatic rings. The molecule has 5 nitrogen and oxygen atoms in total. The lowest BCUT2D eigenvalue weighted by Crippen LogP contribution is -2.44. The first-order chi connectivity index (χ1) is 12.7. The molecular weight excluding hydrogens is 346 g/mol. The first-order valence-corrected chi connectivity index (χ1v) is 9.79. The van der Waals surface area contributed by atoms with Gasteiger partial charge in [-0.2, -0.15) is 0 Å². The van der Waals surface area contributed by atoms with Crippen molar-refractivity contribution in [1.29, 1.82) is 0 Å².